The number of fused-ring (bicyclic) bond motifs is 5. The van der Waals surface area contributed by atoms with Gasteiger partial charge in [-0.15, -0.1) is 10.2 Å². The van der Waals surface area contributed by atoms with E-state index in [0.717, 1.165) is 6.08 Å². The van der Waals surface area contributed by atoms with Gasteiger partial charge in [0.1, 0.15) is 11.7 Å². The fourth-order valence-corrected chi connectivity index (χ4v) is 3.46. The quantitative estimate of drug-likeness (QED) is 0.242. The lowest BCUT2D eigenvalue weighted by molar-refractivity contribution is -0.313. The zero-order valence-electron chi connectivity index (χ0n) is 22.0. The van der Waals surface area contributed by atoms with Crippen molar-refractivity contribution in [1.82, 2.24) is 15.2 Å². The third-order valence-corrected chi connectivity index (χ3v) is 5.46. The molecule has 40 heavy (non-hydrogen) atoms. The summed E-state index contributed by atoms with van der Waals surface area (Å²) in [7, 11) is 0. The first-order valence-electron chi connectivity index (χ1n) is 12.2. The molecular weight excluding hydrogens is 546 g/mol. The summed E-state index contributed by atoms with van der Waals surface area (Å²) in [5.41, 5.74) is 0.0712. The Labute approximate surface area is 226 Å². The molecule has 220 valence electrons. The molecule has 2 unspecified atom stereocenters. The van der Waals surface area contributed by atoms with Crippen molar-refractivity contribution in [2.75, 3.05) is 18.9 Å². The van der Waals surface area contributed by atoms with Gasteiger partial charge >= 0.3 is 12.4 Å². The third kappa shape index (κ3) is 7.10. The molecule has 0 aliphatic carbocycles. The Hall–Kier alpha value is -3.65. The molecule has 2 aromatic rings. The van der Waals surface area contributed by atoms with Crippen LogP contribution in [0.1, 0.15) is 45.1 Å². The number of hydrogen-bond donors (Lipinski definition) is 2. The topological polar surface area (TPSA) is 117 Å². The maximum Gasteiger partial charge on any atom is 0.429 e. The lowest BCUT2D eigenvalue weighted by atomic mass is 9.94. The van der Waals surface area contributed by atoms with Crippen molar-refractivity contribution < 1.29 is 45.3 Å². The number of rotatable bonds is 5. The molecule has 0 saturated heterocycles. The van der Waals surface area contributed by atoms with Gasteiger partial charge in [0.05, 0.1) is 18.9 Å². The summed E-state index contributed by atoms with van der Waals surface area (Å²) in [5, 5.41) is 17.7. The molecule has 0 amide bonds. The predicted octanol–water partition coefficient (Wildman–Crippen LogP) is 6.31. The van der Waals surface area contributed by atoms with Gasteiger partial charge in [0.15, 0.2) is 5.69 Å². The molecule has 0 saturated carbocycles. The van der Waals surface area contributed by atoms with E-state index in [4.69, 9.17) is 19.6 Å². The summed E-state index contributed by atoms with van der Waals surface area (Å²) in [5.74, 6) is -2.80. The minimum Gasteiger partial charge on any atom is -0.477 e. The van der Waals surface area contributed by atoms with Crippen molar-refractivity contribution in [2.24, 2.45) is 0 Å². The molecule has 3 rings (SSSR count). The van der Waals surface area contributed by atoms with E-state index in [-0.39, 0.29) is 19.4 Å². The summed E-state index contributed by atoms with van der Waals surface area (Å²) in [6.45, 7) is 8.16. The van der Waals surface area contributed by atoms with Crippen molar-refractivity contribution >= 4 is 5.69 Å². The Morgan fingerprint density at radius 1 is 1.25 bits per heavy atom. The van der Waals surface area contributed by atoms with Crippen molar-refractivity contribution in [2.45, 2.75) is 57.7 Å². The number of aliphatic hydroxyl groups excluding tert-OH is 1. The Morgan fingerprint density at radius 2 is 1.95 bits per heavy atom. The third-order valence-electron chi connectivity index (χ3n) is 5.46. The number of halogens is 6. The van der Waals surface area contributed by atoms with Gasteiger partial charge in [-0.2, -0.15) is 26.3 Å². The second-order valence-electron chi connectivity index (χ2n) is 8.03. The fraction of sp³-hybridized carbons (Fsp3) is 0.423. The van der Waals surface area contributed by atoms with Crippen LogP contribution in [-0.2, 0) is 16.5 Å². The van der Waals surface area contributed by atoms with Gasteiger partial charge in [-0.1, -0.05) is 56.9 Å². The molecule has 4 bridgehead atoms. The molecule has 14 heteroatoms. The first-order valence-corrected chi connectivity index (χ1v) is 12.2. The van der Waals surface area contributed by atoms with E-state index >= 15 is 0 Å². The number of nitrogens with two attached hydrogens (primary N) is 1. The number of allylic oxidation sites excluding steroid dienone is 4. The van der Waals surface area contributed by atoms with Crippen LogP contribution in [0.5, 0.6) is 5.88 Å². The minimum absolute atomic E-state index is 0.0471. The van der Waals surface area contributed by atoms with Gasteiger partial charge in [-0.25, -0.2) is 4.98 Å². The van der Waals surface area contributed by atoms with E-state index in [1.54, 1.807) is 6.92 Å². The number of alkyl halides is 6. The van der Waals surface area contributed by atoms with Crippen LogP contribution in [0.3, 0.4) is 0 Å². The average molecular weight is 577 g/mol. The highest BCUT2D eigenvalue weighted by atomic mass is 19.4. The van der Waals surface area contributed by atoms with Crippen molar-refractivity contribution in [1.29, 1.82) is 0 Å². The summed E-state index contributed by atoms with van der Waals surface area (Å²) in [6.07, 6.45) is -4.51. The highest BCUT2D eigenvalue weighted by molar-refractivity contribution is 5.68. The van der Waals surface area contributed by atoms with Crippen LogP contribution in [0.2, 0.25) is 0 Å². The van der Waals surface area contributed by atoms with Gasteiger partial charge in [-0.3, -0.25) is 0 Å². The van der Waals surface area contributed by atoms with Crippen molar-refractivity contribution in [3.8, 4) is 17.5 Å². The minimum atomic E-state index is -5.30. The first-order chi connectivity index (χ1) is 18.8. The van der Waals surface area contributed by atoms with Gasteiger partial charge in [-0.05, 0) is 31.4 Å². The van der Waals surface area contributed by atoms with Crippen molar-refractivity contribution in [3.05, 3.63) is 66.1 Å². The Balaban J connectivity index is 0.00000274. The summed E-state index contributed by atoms with van der Waals surface area (Å²) in [4.78, 5) is 3.73. The maximum atomic E-state index is 14.7. The summed E-state index contributed by atoms with van der Waals surface area (Å²) >= 11 is 0. The van der Waals surface area contributed by atoms with Gasteiger partial charge in [0.2, 0.25) is 5.88 Å². The summed E-state index contributed by atoms with van der Waals surface area (Å²) in [6, 6.07) is 0.514. The highest BCUT2D eigenvalue weighted by Gasteiger charge is 2.65. The van der Waals surface area contributed by atoms with Crippen molar-refractivity contribution in [3.63, 3.8) is 0 Å². The molecule has 0 radical (unpaired) electrons. The number of hydrogen-bond acceptors (Lipinski definition) is 8. The normalized spacial score (nSPS) is 21.1. The number of aromatic nitrogens is 3. The summed E-state index contributed by atoms with van der Waals surface area (Å²) < 4.78 is 100. The van der Waals surface area contributed by atoms with Crippen LogP contribution < -0.4 is 10.5 Å². The zero-order valence-corrected chi connectivity index (χ0v) is 22.0. The predicted molar refractivity (Wildman–Crippen MR) is 135 cm³/mol. The van der Waals surface area contributed by atoms with Crippen LogP contribution in [0.15, 0.2) is 59.1 Å². The van der Waals surface area contributed by atoms with E-state index < -0.39 is 65.3 Å². The molecule has 0 aromatic carbocycles. The maximum absolute atomic E-state index is 14.7. The van der Waals surface area contributed by atoms with Crippen LogP contribution in [-0.4, -0.2) is 45.8 Å². The lowest BCUT2D eigenvalue weighted by Gasteiger charge is -2.35. The molecule has 3 heterocycles. The number of anilines is 1. The molecule has 3 N–H and O–H groups in total. The van der Waals surface area contributed by atoms with E-state index in [9.17, 15) is 31.4 Å². The zero-order chi connectivity index (χ0) is 30.1. The van der Waals surface area contributed by atoms with Crippen LogP contribution in [0.25, 0.3) is 11.6 Å². The van der Waals surface area contributed by atoms with Crippen LogP contribution in [0.4, 0.5) is 32.0 Å². The van der Waals surface area contributed by atoms with E-state index in [1.165, 1.54) is 30.4 Å². The smallest absolute Gasteiger partial charge is 0.429 e. The average Bonchev–Trinajstić information content (AvgIpc) is 3.38. The second kappa shape index (κ2) is 13.6. The molecule has 0 spiro atoms. The molecule has 1 aliphatic heterocycles. The molecule has 2 atom stereocenters. The SMILES string of the molecule is C=C/C=C\C(=C/C)COC1(C(F)(F)F)c2nnc(o2)-c2nc(c(C(F)(F)F)cc2N)OCCC/C=C/C1O.CC. The number of aliphatic hydroxyl groups is 1. The molecular formula is C26H30F6N4O4. The standard InChI is InChI=1S/C24H24F6N4O4.C2H6/c1-3-5-9-14(4-2)13-37-22(24(28,29)30)17(35)10-7-6-8-11-36-19-15(23(25,26)27)12-16(31)18(32-19)20-33-34-21(22)38-20;1-2/h3-5,7,9-10,12,17,35H,1,6,8,11,13,31H2,2H3;1-2H3/b9-5-,10-7+,14-4+;. The largest absolute Gasteiger partial charge is 0.477 e. The van der Waals surface area contributed by atoms with Crippen LogP contribution >= 0.6 is 0 Å². The van der Waals surface area contributed by atoms with Crippen LogP contribution in [0, 0.1) is 0 Å². The lowest BCUT2D eigenvalue weighted by Crippen LogP contribution is -2.53. The number of nitrogen functional groups attached to an aromatic ring is 1. The molecule has 1 aliphatic rings. The Morgan fingerprint density at radius 3 is 2.55 bits per heavy atom. The number of pyridine rings is 1. The van der Waals surface area contributed by atoms with Gasteiger partial charge in [0.25, 0.3) is 17.4 Å². The molecule has 2 aromatic heterocycles. The van der Waals surface area contributed by atoms with E-state index in [0.29, 0.717) is 11.6 Å². The molecule has 8 nitrogen and oxygen atoms in total. The first kappa shape index (κ1) is 32.6. The van der Waals surface area contributed by atoms with Gasteiger partial charge < -0.3 is 24.7 Å². The highest BCUT2D eigenvalue weighted by Crippen LogP contribution is 2.46. The van der Waals surface area contributed by atoms with E-state index in [2.05, 4.69) is 21.8 Å². The monoisotopic (exact) mass is 576 g/mol. The number of ether oxygens (including phenoxy) is 2. The Kier molecular flexibility index (Phi) is 11.1. The van der Waals surface area contributed by atoms with Gasteiger partial charge in [0, 0.05) is 0 Å². The fourth-order valence-electron chi connectivity index (χ4n) is 3.46. The second-order valence-corrected chi connectivity index (χ2v) is 8.03. The number of nitrogens with zero attached hydrogens (tertiary/aromatic N) is 3. The van der Waals surface area contributed by atoms with E-state index in [1.807, 2.05) is 13.8 Å². The Bertz CT molecular complexity index is 1240. The molecule has 0 fully saturated rings.